The molecule has 4 nitrogen and oxygen atoms in total. The van der Waals surface area contributed by atoms with Gasteiger partial charge in [0.1, 0.15) is 11.6 Å². The van der Waals surface area contributed by atoms with Crippen LogP contribution in [0, 0.1) is 20.8 Å². The van der Waals surface area contributed by atoms with Gasteiger partial charge in [-0.2, -0.15) is 0 Å². The van der Waals surface area contributed by atoms with Gasteiger partial charge in [0, 0.05) is 36.2 Å². The summed E-state index contributed by atoms with van der Waals surface area (Å²) in [6, 6.07) is 6.54. The minimum absolute atomic E-state index is 0.800. The number of likely N-dealkylation sites (N-methyl/N-ethyl adjacent to an activating group) is 1. The summed E-state index contributed by atoms with van der Waals surface area (Å²) in [7, 11) is 2.14. The van der Waals surface area contributed by atoms with E-state index in [1.54, 1.807) is 0 Å². The summed E-state index contributed by atoms with van der Waals surface area (Å²) in [5, 5.41) is 3.43. The van der Waals surface area contributed by atoms with Gasteiger partial charge in [-0.3, -0.25) is 0 Å². The van der Waals surface area contributed by atoms with E-state index < -0.39 is 0 Å². The molecule has 4 heteroatoms. The molecule has 0 aliphatic carbocycles. The second kappa shape index (κ2) is 4.78. The highest BCUT2D eigenvalue weighted by molar-refractivity contribution is 5.69. The third kappa shape index (κ3) is 2.22. The molecule has 3 rings (SSSR count). The van der Waals surface area contributed by atoms with Crippen LogP contribution >= 0.6 is 0 Å². The van der Waals surface area contributed by atoms with Crippen molar-refractivity contribution in [2.24, 2.45) is 0 Å². The van der Waals surface area contributed by atoms with Gasteiger partial charge in [-0.05, 0) is 44.9 Å². The largest absolute Gasteiger partial charge is 0.374 e. The fraction of sp³-hybridized carbons (Fsp3) is 0.375. The predicted octanol–water partition coefficient (Wildman–Crippen LogP) is 3.14. The maximum absolute atomic E-state index is 4.51. The van der Waals surface area contributed by atoms with Crippen molar-refractivity contribution in [3.63, 3.8) is 0 Å². The molecule has 104 valence electrons. The Morgan fingerprint density at radius 3 is 2.75 bits per heavy atom. The molecule has 1 aromatic carbocycles. The summed E-state index contributed by atoms with van der Waals surface area (Å²) >= 11 is 0. The van der Waals surface area contributed by atoms with Crippen molar-refractivity contribution in [1.82, 2.24) is 9.97 Å². The molecule has 0 saturated carbocycles. The van der Waals surface area contributed by atoms with Crippen LogP contribution in [0.5, 0.6) is 0 Å². The van der Waals surface area contributed by atoms with E-state index in [9.17, 15) is 0 Å². The van der Waals surface area contributed by atoms with Crippen LogP contribution < -0.4 is 10.2 Å². The molecular weight excluding hydrogens is 248 g/mol. The lowest BCUT2D eigenvalue weighted by atomic mass is 10.1. The summed E-state index contributed by atoms with van der Waals surface area (Å²) in [5.41, 5.74) is 5.95. The number of nitrogens with zero attached hydrogens (tertiary/aromatic N) is 3. The summed E-state index contributed by atoms with van der Waals surface area (Å²) in [5.74, 6) is 1.70. The van der Waals surface area contributed by atoms with Gasteiger partial charge in [0.25, 0.3) is 0 Å². The fourth-order valence-electron chi connectivity index (χ4n) is 2.64. The average molecular weight is 268 g/mol. The Bertz CT molecular complexity index is 664. The van der Waals surface area contributed by atoms with Gasteiger partial charge in [-0.1, -0.05) is 6.07 Å². The summed E-state index contributed by atoms with van der Waals surface area (Å²) in [6.45, 7) is 7.10. The molecule has 2 aromatic rings. The number of anilines is 3. The first kappa shape index (κ1) is 12.9. The minimum atomic E-state index is 0.800. The Labute approximate surface area is 119 Å². The molecule has 20 heavy (non-hydrogen) atoms. The molecule has 0 unspecified atom stereocenters. The van der Waals surface area contributed by atoms with Gasteiger partial charge >= 0.3 is 0 Å². The molecule has 1 N–H and O–H groups in total. The van der Waals surface area contributed by atoms with E-state index in [-0.39, 0.29) is 0 Å². The summed E-state index contributed by atoms with van der Waals surface area (Å²) in [6.07, 6.45) is 1.14. The highest BCUT2D eigenvalue weighted by atomic mass is 15.1. The lowest BCUT2D eigenvalue weighted by Crippen LogP contribution is -2.12. The molecule has 0 fully saturated rings. The number of benzene rings is 1. The summed E-state index contributed by atoms with van der Waals surface area (Å²) in [4.78, 5) is 11.2. The molecule has 2 heterocycles. The minimum Gasteiger partial charge on any atom is -0.374 e. The smallest absolute Gasteiger partial charge is 0.137 e. The molecule has 1 aromatic heterocycles. The van der Waals surface area contributed by atoms with Crippen LogP contribution in [0.15, 0.2) is 18.2 Å². The molecule has 0 radical (unpaired) electrons. The third-order valence-corrected chi connectivity index (χ3v) is 3.98. The van der Waals surface area contributed by atoms with Gasteiger partial charge in [0.05, 0.1) is 0 Å². The molecule has 0 atom stereocenters. The molecule has 1 aliphatic rings. The topological polar surface area (TPSA) is 41.1 Å². The number of nitrogens with one attached hydrogen (secondary N) is 1. The second-order valence-corrected chi connectivity index (χ2v) is 5.47. The first-order valence-electron chi connectivity index (χ1n) is 6.97. The Morgan fingerprint density at radius 2 is 1.95 bits per heavy atom. The standard InChI is InChI=1S/C16H20N4/c1-10-11(2)17-12(3)18-16(10)19-14-6-5-13-7-8-20(4)15(13)9-14/h5-6,9H,7-8H2,1-4H3,(H,17,18,19). The van der Waals surface area contributed by atoms with E-state index in [4.69, 9.17) is 0 Å². The average Bonchev–Trinajstić information content (AvgIpc) is 2.77. The lowest BCUT2D eigenvalue weighted by molar-refractivity contribution is 0.956. The van der Waals surface area contributed by atoms with Gasteiger partial charge < -0.3 is 10.2 Å². The number of fused-ring (bicyclic) bond motifs is 1. The van der Waals surface area contributed by atoms with Crippen molar-refractivity contribution < 1.29 is 0 Å². The quantitative estimate of drug-likeness (QED) is 0.908. The highest BCUT2D eigenvalue weighted by Crippen LogP contribution is 2.31. The maximum Gasteiger partial charge on any atom is 0.137 e. The molecule has 0 amide bonds. The molecular formula is C16H20N4. The van der Waals surface area contributed by atoms with Crippen LogP contribution in [-0.4, -0.2) is 23.6 Å². The van der Waals surface area contributed by atoms with Crippen molar-refractivity contribution in [1.29, 1.82) is 0 Å². The maximum atomic E-state index is 4.51. The fourth-order valence-corrected chi connectivity index (χ4v) is 2.64. The van der Waals surface area contributed by atoms with Gasteiger partial charge in [-0.25, -0.2) is 9.97 Å². The first-order chi connectivity index (χ1) is 9.54. The van der Waals surface area contributed by atoms with Crippen LogP contribution in [0.4, 0.5) is 17.2 Å². The zero-order valence-electron chi connectivity index (χ0n) is 12.5. The monoisotopic (exact) mass is 268 g/mol. The van der Waals surface area contributed by atoms with Crippen molar-refractivity contribution >= 4 is 17.2 Å². The third-order valence-electron chi connectivity index (χ3n) is 3.98. The second-order valence-electron chi connectivity index (χ2n) is 5.47. The molecule has 0 spiro atoms. The van der Waals surface area contributed by atoms with Gasteiger partial charge in [0.15, 0.2) is 0 Å². The number of hydrogen-bond donors (Lipinski definition) is 1. The Balaban J connectivity index is 1.94. The van der Waals surface area contributed by atoms with Crippen molar-refractivity contribution in [3.05, 3.63) is 40.8 Å². The normalized spacial score (nSPS) is 13.5. The Kier molecular flexibility index (Phi) is 3.08. The molecule has 1 aliphatic heterocycles. The number of aromatic nitrogens is 2. The van der Waals surface area contributed by atoms with Crippen LogP contribution in [0.1, 0.15) is 22.6 Å². The lowest BCUT2D eigenvalue weighted by Gasteiger charge is -2.15. The van der Waals surface area contributed by atoms with Crippen molar-refractivity contribution in [2.75, 3.05) is 23.8 Å². The van der Waals surface area contributed by atoms with Gasteiger partial charge in [0.2, 0.25) is 0 Å². The van der Waals surface area contributed by atoms with E-state index in [0.717, 1.165) is 41.6 Å². The van der Waals surface area contributed by atoms with Crippen LogP contribution in [0.3, 0.4) is 0 Å². The SMILES string of the molecule is Cc1nc(C)c(C)c(Nc2ccc3c(c2)N(C)CC3)n1. The van der Waals surface area contributed by atoms with Crippen LogP contribution in [0.25, 0.3) is 0 Å². The molecule has 0 saturated heterocycles. The zero-order valence-corrected chi connectivity index (χ0v) is 12.5. The zero-order chi connectivity index (χ0) is 14.3. The number of hydrogen-bond acceptors (Lipinski definition) is 4. The van der Waals surface area contributed by atoms with Crippen LogP contribution in [-0.2, 0) is 6.42 Å². The van der Waals surface area contributed by atoms with E-state index >= 15 is 0 Å². The Morgan fingerprint density at radius 1 is 1.15 bits per heavy atom. The highest BCUT2D eigenvalue weighted by Gasteiger charge is 2.16. The number of aryl methyl sites for hydroxylation is 2. The first-order valence-corrected chi connectivity index (χ1v) is 6.97. The van der Waals surface area contributed by atoms with E-state index in [1.165, 1.54) is 11.3 Å². The van der Waals surface area contributed by atoms with Crippen LogP contribution in [0.2, 0.25) is 0 Å². The van der Waals surface area contributed by atoms with Crippen molar-refractivity contribution in [3.8, 4) is 0 Å². The summed E-state index contributed by atoms with van der Waals surface area (Å²) < 4.78 is 0. The van der Waals surface area contributed by atoms with Gasteiger partial charge in [-0.15, -0.1) is 0 Å². The predicted molar refractivity (Wildman–Crippen MR) is 82.9 cm³/mol. The Hall–Kier alpha value is -2.10. The van der Waals surface area contributed by atoms with E-state index in [0.29, 0.717) is 0 Å². The number of rotatable bonds is 2. The van der Waals surface area contributed by atoms with E-state index in [2.05, 4.69) is 52.4 Å². The molecule has 0 bridgehead atoms. The van der Waals surface area contributed by atoms with Crippen molar-refractivity contribution in [2.45, 2.75) is 27.2 Å². The van der Waals surface area contributed by atoms with E-state index in [1.807, 2.05) is 13.8 Å².